The van der Waals surface area contributed by atoms with Crippen molar-refractivity contribution in [2.75, 3.05) is 0 Å². The molecule has 0 unspecified atom stereocenters. The van der Waals surface area contributed by atoms with Crippen LogP contribution >= 0.6 is 0 Å². The minimum absolute atomic E-state index is 0.507. The van der Waals surface area contributed by atoms with Crippen molar-refractivity contribution in [3.63, 3.8) is 0 Å². The van der Waals surface area contributed by atoms with Crippen molar-refractivity contribution in [1.82, 2.24) is 4.98 Å². The second-order valence-electron chi connectivity index (χ2n) is 3.12. The summed E-state index contributed by atoms with van der Waals surface area (Å²) in [6.07, 6.45) is 2.19. The molecule has 0 atom stereocenters. The van der Waals surface area contributed by atoms with Crippen LogP contribution in [-0.2, 0) is 6.42 Å². The summed E-state index contributed by atoms with van der Waals surface area (Å²) in [5, 5.41) is 12.6. The first-order valence-electron chi connectivity index (χ1n) is 4.30. The van der Waals surface area contributed by atoms with Gasteiger partial charge in [-0.1, -0.05) is 5.16 Å². The predicted molar refractivity (Wildman–Crippen MR) is 52.6 cm³/mol. The van der Waals surface area contributed by atoms with Gasteiger partial charge in [-0.05, 0) is 25.1 Å². The molecule has 72 valence electrons. The van der Waals surface area contributed by atoms with E-state index in [1.54, 1.807) is 13.1 Å². The van der Waals surface area contributed by atoms with E-state index < -0.39 is 0 Å². The first-order valence-corrected chi connectivity index (χ1v) is 4.30. The van der Waals surface area contributed by atoms with Crippen LogP contribution in [0.5, 0.6) is 0 Å². The van der Waals surface area contributed by atoms with Crippen LogP contribution < -0.4 is 0 Å². The maximum atomic E-state index is 8.50. The fourth-order valence-corrected chi connectivity index (χ4v) is 1.30. The minimum atomic E-state index is 0.507. The Labute approximate surface area is 80.9 Å². The van der Waals surface area contributed by atoms with E-state index in [-0.39, 0.29) is 0 Å². The molecule has 1 N–H and O–H groups in total. The van der Waals surface area contributed by atoms with Crippen LogP contribution in [-0.4, -0.2) is 15.9 Å². The monoisotopic (exact) mass is 190 g/mol. The number of furan rings is 1. The maximum Gasteiger partial charge on any atom is 0.226 e. The highest BCUT2D eigenvalue weighted by molar-refractivity contribution is 5.84. The molecule has 2 heterocycles. The zero-order valence-corrected chi connectivity index (χ0v) is 7.77. The number of hydrogen-bond donors (Lipinski definition) is 1. The van der Waals surface area contributed by atoms with E-state index in [0.29, 0.717) is 17.8 Å². The summed E-state index contributed by atoms with van der Waals surface area (Å²) >= 11 is 0. The van der Waals surface area contributed by atoms with E-state index >= 15 is 0 Å². The highest BCUT2D eigenvalue weighted by Crippen LogP contribution is 2.16. The molecule has 0 aliphatic heterocycles. The number of rotatable bonds is 2. The Morgan fingerprint density at radius 3 is 3.21 bits per heavy atom. The molecule has 0 fully saturated rings. The van der Waals surface area contributed by atoms with Crippen molar-refractivity contribution < 1.29 is 9.62 Å². The van der Waals surface area contributed by atoms with Crippen molar-refractivity contribution >= 4 is 16.8 Å². The van der Waals surface area contributed by atoms with Crippen LogP contribution in [0.25, 0.3) is 11.1 Å². The van der Waals surface area contributed by atoms with Gasteiger partial charge in [-0.3, -0.25) is 0 Å². The van der Waals surface area contributed by atoms with Crippen LogP contribution in [0.15, 0.2) is 34.0 Å². The lowest BCUT2D eigenvalue weighted by atomic mass is 10.2. The molecular formula is C10H10N2O2. The van der Waals surface area contributed by atoms with Gasteiger partial charge in [0, 0.05) is 18.0 Å². The Balaban J connectivity index is 2.36. The molecule has 0 spiro atoms. The van der Waals surface area contributed by atoms with Gasteiger partial charge in [-0.25, -0.2) is 4.98 Å². The molecule has 2 aromatic rings. The summed E-state index contributed by atoms with van der Waals surface area (Å²) in [4.78, 5) is 4.07. The summed E-state index contributed by atoms with van der Waals surface area (Å²) in [5.41, 5.74) is 1.23. The molecule has 0 bridgehead atoms. The molecule has 14 heavy (non-hydrogen) atoms. The summed E-state index contributed by atoms with van der Waals surface area (Å²) in [7, 11) is 0. The van der Waals surface area contributed by atoms with Gasteiger partial charge in [0.2, 0.25) is 5.71 Å². The molecule has 0 saturated heterocycles. The van der Waals surface area contributed by atoms with E-state index in [2.05, 4.69) is 10.1 Å². The van der Waals surface area contributed by atoms with E-state index in [9.17, 15) is 0 Å². The number of nitrogens with zero attached hydrogens (tertiary/aromatic N) is 2. The molecule has 0 amide bonds. The molecular weight excluding hydrogens is 180 g/mol. The second-order valence-corrected chi connectivity index (χ2v) is 3.12. The molecule has 2 aromatic heterocycles. The lowest BCUT2D eigenvalue weighted by molar-refractivity contribution is 0.317. The van der Waals surface area contributed by atoms with Gasteiger partial charge in [0.25, 0.3) is 0 Å². The summed E-state index contributed by atoms with van der Waals surface area (Å²) < 4.78 is 5.44. The number of fused-ring (bicyclic) bond motifs is 1. The van der Waals surface area contributed by atoms with Crippen LogP contribution in [0.4, 0.5) is 0 Å². The molecule has 0 aromatic carbocycles. The smallest absolute Gasteiger partial charge is 0.226 e. The normalized spacial score (nSPS) is 12.2. The topological polar surface area (TPSA) is 58.6 Å². The highest BCUT2D eigenvalue weighted by Gasteiger charge is 2.05. The van der Waals surface area contributed by atoms with Crippen molar-refractivity contribution in [2.45, 2.75) is 13.3 Å². The number of oxime groups is 1. The molecule has 0 radical (unpaired) electrons. The van der Waals surface area contributed by atoms with E-state index in [0.717, 1.165) is 11.1 Å². The van der Waals surface area contributed by atoms with Gasteiger partial charge in [-0.15, -0.1) is 0 Å². The number of hydrogen-bond acceptors (Lipinski definition) is 4. The molecule has 2 rings (SSSR count). The van der Waals surface area contributed by atoms with Gasteiger partial charge < -0.3 is 9.62 Å². The van der Waals surface area contributed by atoms with E-state index in [1.165, 1.54) is 0 Å². The molecule has 0 aliphatic rings. The van der Waals surface area contributed by atoms with Gasteiger partial charge in [0.15, 0.2) is 0 Å². The SMILES string of the molecule is C/C(Cc1cc2cccnc2o1)=N\O. The zero-order chi connectivity index (χ0) is 9.97. The average Bonchev–Trinajstić information content (AvgIpc) is 2.59. The standard InChI is InChI=1S/C10H10N2O2/c1-7(12-13)5-9-6-8-3-2-4-11-10(8)14-9/h2-4,6,13H,5H2,1H3/b12-7+. The zero-order valence-electron chi connectivity index (χ0n) is 7.77. The summed E-state index contributed by atoms with van der Waals surface area (Å²) in [6, 6.07) is 5.69. The Morgan fingerprint density at radius 1 is 1.64 bits per heavy atom. The lowest BCUT2D eigenvalue weighted by Crippen LogP contribution is -1.95. The van der Waals surface area contributed by atoms with Crippen LogP contribution in [0.1, 0.15) is 12.7 Å². The lowest BCUT2D eigenvalue weighted by Gasteiger charge is -1.91. The van der Waals surface area contributed by atoms with Crippen molar-refractivity contribution in [2.24, 2.45) is 5.16 Å². The fourth-order valence-electron chi connectivity index (χ4n) is 1.30. The first-order chi connectivity index (χ1) is 6.79. The molecule has 4 nitrogen and oxygen atoms in total. The van der Waals surface area contributed by atoms with Gasteiger partial charge >= 0.3 is 0 Å². The second kappa shape index (κ2) is 3.49. The largest absolute Gasteiger partial charge is 0.442 e. The third-order valence-corrected chi connectivity index (χ3v) is 1.95. The van der Waals surface area contributed by atoms with Crippen molar-refractivity contribution in [1.29, 1.82) is 0 Å². The Morgan fingerprint density at radius 2 is 2.50 bits per heavy atom. The quantitative estimate of drug-likeness (QED) is 0.448. The van der Waals surface area contributed by atoms with Crippen LogP contribution in [0.3, 0.4) is 0 Å². The highest BCUT2D eigenvalue weighted by atomic mass is 16.4. The fraction of sp³-hybridized carbons (Fsp3) is 0.200. The third-order valence-electron chi connectivity index (χ3n) is 1.95. The van der Waals surface area contributed by atoms with Gasteiger partial charge in [0.1, 0.15) is 5.76 Å². The first kappa shape index (κ1) is 8.74. The Bertz CT molecular complexity index is 441. The van der Waals surface area contributed by atoms with Crippen molar-refractivity contribution in [3.8, 4) is 0 Å². The number of pyridine rings is 1. The molecule has 4 heteroatoms. The van der Waals surface area contributed by atoms with E-state index in [1.807, 2.05) is 18.2 Å². The predicted octanol–water partition coefficient (Wildman–Crippen LogP) is 2.22. The summed E-state index contributed by atoms with van der Waals surface area (Å²) in [6.45, 7) is 1.74. The number of aromatic nitrogens is 1. The minimum Gasteiger partial charge on any atom is -0.442 e. The molecule has 0 saturated carbocycles. The van der Waals surface area contributed by atoms with Gasteiger partial charge in [0.05, 0.1) is 5.71 Å². The summed E-state index contributed by atoms with van der Waals surface area (Å²) in [5.74, 6) is 0.758. The van der Waals surface area contributed by atoms with Gasteiger partial charge in [-0.2, -0.15) is 0 Å². The van der Waals surface area contributed by atoms with Crippen LogP contribution in [0, 0.1) is 0 Å². The third kappa shape index (κ3) is 1.59. The van der Waals surface area contributed by atoms with E-state index in [4.69, 9.17) is 9.62 Å². The van der Waals surface area contributed by atoms with Crippen molar-refractivity contribution in [3.05, 3.63) is 30.2 Å². The average molecular weight is 190 g/mol. The Hall–Kier alpha value is -1.84. The molecule has 0 aliphatic carbocycles. The maximum absolute atomic E-state index is 8.50. The van der Waals surface area contributed by atoms with Crippen LogP contribution in [0.2, 0.25) is 0 Å². The Kier molecular flexibility index (Phi) is 2.18.